The van der Waals surface area contributed by atoms with Crippen molar-refractivity contribution in [3.8, 4) is 0 Å². The molecule has 1 aromatic heterocycles. The second kappa shape index (κ2) is 6.03. The number of hydrogen-bond donors (Lipinski definition) is 1. The summed E-state index contributed by atoms with van der Waals surface area (Å²) in [4.78, 5) is 29.6. The number of anilines is 1. The molecule has 112 valence electrons. The first kappa shape index (κ1) is 14.3. The number of hydrogen-bond acceptors (Lipinski definition) is 4. The maximum absolute atomic E-state index is 12.9. The minimum absolute atomic E-state index is 0.0864. The third kappa shape index (κ3) is 2.87. The van der Waals surface area contributed by atoms with Gasteiger partial charge in [0.15, 0.2) is 0 Å². The van der Waals surface area contributed by atoms with E-state index in [0.29, 0.717) is 12.2 Å². The fourth-order valence-electron chi connectivity index (χ4n) is 2.38. The lowest BCUT2D eigenvalue weighted by molar-refractivity contribution is -0.121. The number of benzene rings is 1. The molecule has 2 heterocycles. The molecule has 2 aromatic rings. The maximum Gasteiger partial charge on any atom is 0.251 e. The van der Waals surface area contributed by atoms with Crippen molar-refractivity contribution < 1.29 is 14.0 Å². The van der Waals surface area contributed by atoms with Crippen molar-refractivity contribution in [1.82, 2.24) is 10.3 Å². The normalized spacial score (nSPS) is 18.0. The smallest absolute Gasteiger partial charge is 0.251 e. The SMILES string of the molecule is O=C1CC(NCc2ccccn2)C(=O)N1c1ccc(F)cc1. The van der Waals surface area contributed by atoms with Gasteiger partial charge in [0.1, 0.15) is 5.82 Å². The minimum Gasteiger partial charge on any atom is -0.300 e. The molecule has 1 aromatic carbocycles. The fourth-order valence-corrected chi connectivity index (χ4v) is 2.38. The molecular formula is C16H14FN3O2. The summed E-state index contributed by atoms with van der Waals surface area (Å²) in [6.45, 7) is 0.405. The lowest BCUT2D eigenvalue weighted by Gasteiger charge is -2.15. The van der Waals surface area contributed by atoms with Gasteiger partial charge in [-0.05, 0) is 36.4 Å². The number of imide groups is 1. The van der Waals surface area contributed by atoms with Gasteiger partial charge in [0.05, 0.1) is 23.8 Å². The Bertz CT molecular complexity index is 688. The van der Waals surface area contributed by atoms with E-state index in [2.05, 4.69) is 10.3 Å². The van der Waals surface area contributed by atoms with Crippen LogP contribution in [-0.2, 0) is 16.1 Å². The highest BCUT2D eigenvalue weighted by molar-refractivity contribution is 6.22. The summed E-state index contributed by atoms with van der Waals surface area (Å²) in [5.41, 5.74) is 1.18. The Morgan fingerprint density at radius 2 is 1.95 bits per heavy atom. The Hall–Kier alpha value is -2.60. The first-order valence-electron chi connectivity index (χ1n) is 6.91. The summed E-state index contributed by atoms with van der Waals surface area (Å²) in [6.07, 6.45) is 1.76. The van der Waals surface area contributed by atoms with Crippen molar-refractivity contribution in [2.45, 2.75) is 19.0 Å². The van der Waals surface area contributed by atoms with Crippen molar-refractivity contribution in [2.75, 3.05) is 4.90 Å². The van der Waals surface area contributed by atoms with Crippen LogP contribution >= 0.6 is 0 Å². The summed E-state index contributed by atoms with van der Waals surface area (Å²) < 4.78 is 12.9. The number of carbonyl (C=O) groups is 2. The number of rotatable bonds is 4. The molecule has 22 heavy (non-hydrogen) atoms. The zero-order valence-electron chi connectivity index (χ0n) is 11.7. The van der Waals surface area contributed by atoms with Crippen molar-refractivity contribution in [3.63, 3.8) is 0 Å². The Kier molecular flexibility index (Phi) is 3.93. The molecule has 6 heteroatoms. The van der Waals surface area contributed by atoms with Gasteiger partial charge in [0, 0.05) is 12.7 Å². The summed E-state index contributed by atoms with van der Waals surface area (Å²) in [5.74, 6) is -1.03. The van der Waals surface area contributed by atoms with E-state index >= 15 is 0 Å². The fraction of sp³-hybridized carbons (Fsp3) is 0.188. The van der Waals surface area contributed by atoms with E-state index in [1.165, 1.54) is 24.3 Å². The average Bonchev–Trinajstić information content (AvgIpc) is 2.82. The Balaban J connectivity index is 1.70. The van der Waals surface area contributed by atoms with Crippen LogP contribution in [0.3, 0.4) is 0 Å². The molecule has 1 N–H and O–H groups in total. The zero-order valence-corrected chi connectivity index (χ0v) is 11.7. The van der Waals surface area contributed by atoms with Gasteiger partial charge in [-0.1, -0.05) is 6.07 Å². The van der Waals surface area contributed by atoms with Crippen molar-refractivity contribution in [3.05, 3.63) is 60.2 Å². The molecule has 3 rings (SSSR count). The quantitative estimate of drug-likeness (QED) is 0.872. The van der Waals surface area contributed by atoms with Gasteiger partial charge in [-0.2, -0.15) is 0 Å². The van der Waals surface area contributed by atoms with Crippen LogP contribution in [0.2, 0.25) is 0 Å². The Labute approximate surface area is 126 Å². The summed E-state index contributed by atoms with van der Waals surface area (Å²) in [7, 11) is 0. The molecule has 1 aliphatic heterocycles. The number of nitrogens with zero attached hydrogens (tertiary/aromatic N) is 2. The van der Waals surface area contributed by atoms with E-state index in [-0.39, 0.29) is 18.2 Å². The van der Waals surface area contributed by atoms with Crippen LogP contribution in [0.4, 0.5) is 10.1 Å². The third-order valence-corrected chi connectivity index (χ3v) is 3.49. The molecule has 1 unspecified atom stereocenters. The molecule has 1 aliphatic rings. The van der Waals surface area contributed by atoms with E-state index in [0.717, 1.165) is 10.6 Å². The van der Waals surface area contributed by atoms with Crippen molar-refractivity contribution >= 4 is 17.5 Å². The van der Waals surface area contributed by atoms with Gasteiger partial charge in [-0.3, -0.25) is 19.9 Å². The first-order valence-corrected chi connectivity index (χ1v) is 6.91. The van der Waals surface area contributed by atoms with Crippen molar-refractivity contribution in [2.24, 2.45) is 0 Å². The molecule has 5 nitrogen and oxygen atoms in total. The Morgan fingerprint density at radius 1 is 1.18 bits per heavy atom. The third-order valence-electron chi connectivity index (χ3n) is 3.49. The van der Waals surface area contributed by atoms with Crippen LogP contribution in [0.15, 0.2) is 48.7 Å². The van der Waals surface area contributed by atoms with Crippen molar-refractivity contribution in [1.29, 1.82) is 0 Å². The summed E-state index contributed by atoms with van der Waals surface area (Å²) in [5, 5.41) is 3.04. The van der Waals surface area contributed by atoms with Gasteiger partial charge in [-0.15, -0.1) is 0 Å². The topological polar surface area (TPSA) is 62.3 Å². The van der Waals surface area contributed by atoms with Crippen LogP contribution in [0.25, 0.3) is 0 Å². The minimum atomic E-state index is -0.584. The average molecular weight is 299 g/mol. The molecule has 2 amide bonds. The molecule has 1 saturated heterocycles. The molecular weight excluding hydrogens is 285 g/mol. The highest BCUT2D eigenvalue weighted by Crippen LogP contribution is 2.23. The zero-order chi connectivity index (χ0) is 15.5. The first-order chi connectivity index (χ1) is 10.6. The largest absolute Gasteiger partial charge is 0.300 e. The number of carbonyl (C=O) groups excluding carboxylic acids is 2. The van der Waals surface area contributed by atoms with Crippen LogP contribution in [0.5, 0.6) is 0 Å². The number of halogens is 1. The standard InChI is InChI=1S/C16H14FN3O2/c17-11-4-6-13(7-5-11)20-15(21)9-14(16(20)22)19-10-12-3-1-2-8-18-12/h1-8,14,19H,9-10H2. The van der Waals surface area contributed by atoms with Gasteiger partial charge in [0.2, 0.25) is 5.91 Å². The second-order valence-corrected chi connectivity index (χ2v) is 5.00. The molecule has 1 atom stereocenters. The van der Waals surface area contributed by atoms with E-state index in [4.69, 9.17) is 0 Å². The van der Waals surface area contributed by atoms with Crippen LogP contribution in [0.1, 0.15) is 12.1 Å². The molecule has 0 spiro atoms. The molecule has 0 aliphatic carbocycles. The van der Waals surface area contributed by atoms with Gasteiger partial charge >= 0.3 is 0 Å². The molecule has 1 fully saturated rings. The summed E-state index contributed by atoms with van der Waals surface area (Å²) >= 11 is 0. The number of aromatic nitrogens is 1. The van der Waals surface area contributed by atoms with E-state index < -0.39 is 11.9 Å². The lowest BCUT2D eigenvalue weighted by Crippen LogP contribution is -2.38. The molecule has 0 bridgehead atoms. The van der Waals surface area contributed by atoms with Crippen LogP contribution in [0, 0.1) is 5.82 Å². The number of pyridine rings is 1. The molecule has 0 saturated carbocycles. The molecule has 0 radical (unpaired) electrons. The maximum atomic E-state index is 12.9. The number of amides is 2. The van der Waals surface area contributed by atoms with E-state index in [1.807, 2.05) is 18.2 Å². The predicted octanol–water partition coefficient (Wildman–Crippen LogP) is 1.64. The van der Waals surface area contributed by atoms with Crippen LogP contribution < -0.4 is 10.2 Å². The predicted molar refractivity (Wildman–Crippen MR) is 78.4 cm³/mol. The lowest BCUT2D eigenvalue weighted by atomic mass is 10.2. The summed E-state index contributed by atoms with van der Waals surface area (Å²) in [6, 6.07) is 10.2. The highest BCUT2D eigenvalue weighted by atomic mass is 19.1. The van der Waals surface area contributed by atoms with Crippen LogP contribution in [-0.4, -0.2) is 22.8 Å². The van der Waals surface area contributed by atoms with Gasteiger partial charge in [0.25, 0.3) is 5.91 Å². The monoisotopic (exact) mass is 299 g/mol. The highest BCUT2D eigenvalue weighted by Gasteiger charge is 2.39. The van der Waals surface area contributed by atoms with Gasteiger partial charge in [-0.25, -0.2) is 9.29 Å². The second-order valence-electron chi connectivity index (χ2n) is 5.00. The van der Waals surface area contributed by atoms with E-state index in [9.17, 15) is 14.0 Å². The van der Waals surface area contributed by atoms with E-state index in [1.54, 1.807) is 6.20 Å². The number of nitrogens with one attached hydrogen (secondary N) is 1. The Morgan fingerprint density at radius 3 is 2.64 bits per heavy atom. The van der Waals surface area contributed by atoms with Gasteiger partial charge < -0.3 is 0 Å².